The largest absolute Gasteiger partial charge is 0.396 e. The van der Waals surface area contributed by atoms with Gasteiger partial charge >= 0.3 is 0 Å². The molecule has 3 aliphatic rings. The number of fused-ring (bicyclic) bond motifs is 5. The van der Waals surface area contributed by atoms with Crippen molar-refractivity contribution >= 4 is 5.78 Å². The summed E-state index contributed by atoms with van der Waals surface area (Å²) in [5, 5.41) is 8.79. The number of allylic oxidation sites excluding steroid dienone is 2. The summed E-state index contributed by atoms with van der Waals surface area (Å²) in [5.41, 5.74) is 1.02. The Morgan fingerprint density at radius 1 is 1.33 bits per heavy atom. The van der Waals surface area contributed by atoms with Crippen molar-refractivity contribution < 1.29 is 9.90 Å². The fraction of sp³-hybridized carbons (Fsp3) is 0.769. The van der Waals surface area contributed by atoms with Crippen LogP contribution in [-0.4, -0.2) is 17.5 Å². The maximum atomic E-state index is 12.1. The summed E-state index contributed by atoms with van der Waals surface area (Å²) in [4.78, 5) is 12.1. The monoisotopic (exact) mass is 206 g/mol. The van der Waals surface area contributed by atoms with Gasteiger partial charge in [-0.2, -0.15) is 0 Å². The molecule has 0 amide bonds. The van der Waals surface area contributed by atoms with Gasteiger partial charge in [0.1, 0.15) is 0 Å². The van der Waals surface area contributed by atoms with Gasteiger partial charge in [-0.1, -0.05) is 6.08 Å². The molecule has 0 unspecified atom stereocenters. The van der Waals surface area contributed by atoms with Crippen LogP contribution in [0.3, 0.4) is 0 Å². The number of ketones is 1. The average molecular weight is 206 g/mol. The number of Topliss-reactive ketones (excluding diaryl/α,β-unsaturated/α-hetero) is 1. The van der Waals surface area contributed by atoms with Crippen molar-refractivity contribution in [3.8, 4) is 0 Å². The van der Waals surface area contributed by atoms with Gasteiger partial charge in [0, 0.05) is 12.5 Å². The Bertz CT molecular complexity index is 318. The van der Waals surface area contributed by atoms with Gasteiger partial charge in [-0.15, -0.1) is 0 Å². The number of aliphatic hydroxyl groups is 1. The Labute approximate surface area is 90.4 Å². The van der Waals surface area contributed by atoms with E-state index in [1.165, 1.54) is 19.3 Å². The first-order valence-corrected chi connectivity index (χ1v) is 6.17. The van der Waals surface area contributed by atoms with E-state index in [0.29, 0.717) is 23.5 Å². The fourth-order valence-corrected chi connectivity index (χ4v) is 3.97. The molecule has 2 saturated carbocycles. The standard InChI is InChI=1S/C13H18O2/c14-5-1-2-10-7-11-8-3-4-9(6-8)12(11)13(10)15/h7-9,11-12,14H,1-6H2/t8-,9+,11-,12+/m1/s1. The molecule has 82 valence electrons. The highest BCUT2D eigenvalue weighted by molar-refractivity contribution is 6.00. The molecule has 15 heavy (non-hydrogen) atoms. The molecule has 3 aliphatic carbocycles. The van der Waals surface area contributed by atoms with Crippen molar-refractivity contribution in [1.29, 1.82) is 0 Å². The Morgan fingerprint density at radius 2 is 2.13 bits per heavy atom. The van der Waals surface area contributed by atoms with Crippen molar-refractivity contribution in [1.82, 2.24) is 0 Å². The molecular weight excluding hydrogens is 188 g/mol. The Kier molecular flexibility index (Phi) is 2.20. The zero-order valence-corrected chi connectivity index (χ0v) is 8.98. The van der Waals surface area contributed by atoms with E-state index in [1.54, 1.807) is 0 Å². The first kappa shape index (κ1) is 9.59. The predicted octanol–water partition coefficient (Wildman–Crippen LogP) is 1.93. The minimum atomic E-state index is 0.201. The average Bonchev–Trinajstić information content (AvgIpc) is 2.88. The van der Waals surface area contributed by atoms with Gasteiger partial charge in [0.2, 0.25) is 0 Å². The molecule has 2 nitrogen and oxygen atoms in total. The van der Waals surface area contributed by atoms with Crippen molar-refractivity contribution in [2.75, 3.05) is 6.61 Å². The van der Waals surface area contributed by atoms with E-state index in [9.17, 15) is 4.79 Å². The molecule has 1 N–H and O–H groups in total. The van der Waals surface area contributed by atoms with Gasteiger partial charge in [0.15, 0.2) is 5.78 Å². The number of hydrogen-bond donors (Lipinski definition) is 1. The van der Waals surface area contributed by atoms with E-state index in [4.69, 9.17) is 5.11 Å². The highest BCUT2D eigenvalue weighted by atomic mass is 16.2. The highest BCUT2D eigenvalue weighted by Gasteiger charge is 2.52. The summed E-state index contributed by atoms with van der Waals surface area (Å²) in [6, 6.07) is 0. The summed E-state index contributed by atoms with van der Waals surface area (Å²) in [5.74, 6) is 2.83. The van der Waals surface area contributed by atoms with E-state index >= 15 is 0 Å². The number of hydrogen-bond acceptors (Lipinski definition) is 2. The molecule has 0 aromatic heterocycles. The maximum Gasteiger partial charge on any atom is 0.162 e. The molecule has 0 heterocycles. The van der Waals surface area contributed by atoms with Gasteiger partial charge in [-0.25, -0.2) is 0 Å². The van der Waals surface area contributed by atoms with Crippen molar-refractivity contribution in [3.63, 3.8) is 0 Å². The first-order chi connectivity index (χ1) is 7.31. The second kappa shape index (κ2) is 3.44. The lowest BCUT2D eigenvalue weighted by molar-refractivity contribution is -0.120. The van der Waals surface area contributed by atoms with Crippen LogP contribution in [0.1, 0.15) is 32.1 Å². The SMILES string of the molecule is O=C1C(CCCO)=C[C@@H]2[C@@H]3CC[C@@H](C3)[C@H]12. The molecule has 0 aromatic carbocycles. The summed E-state index contributed by atoms with van der Waals surface area (Å²) in [6.45, 7) is 0.201. The van der Waals surface area contributed by atoms with Crippen LogP contribution in [-0.2, 0) is 4.79 Å². The molecule has 0 aromatic rings. The molecule has 2 fully saturated rings. The van der Waals surface area contributed by atoms with Gasteiger partial charge in [0.25, 0.3) is 0 Å². The molecular formula is C13H18O2. The van der Waals surface area contributed by atoms with Gasteiger partial charge in [0.05, 0.1) is 0 Å². The van der Waals surface area contributed by atoms with E-state index < -0.39 is 0 Å². The van der Waals surface area contributed by atoms with Crippen LogP contribution < -0.4 is 0 Å². The molecule has 0 spiro atoms. The normalized spacial score (nSPS) is 42.2. The van der Waals surface area contributed by atoms with Crippen LogP contribution in [0.5, 0.6) is 0 Å². The molecule has 2 heteroatoms. The lowest BCUT2D eigenvalue weighted by Crippen LogP contribution is -2.23. The minimum absolute atomic E-state index is 0.201. The van der Waals surface area contributed by atoms with Gasteiger partial charge in [-0.05, 0) is 55.4 Å². The lowest BCUT2D eigenvalue weighted by Gasteiger charge is -2.22. The number of aliphatic hydroxyl groups excluding tert-OH is 1. The second-order valence-electron chi connectivity index (χ2n) is 5.32. The van der Waals surface area contributed by atoms with E-state index in [-0.39, 0.29) is 6.61 Å². The number of carbonyl (C=O) groups excluding carboxylic acids is 1. The summed E-state index contributed by atoms with van der Waals surface area (Å²) < 4.78 is 0. The molecule has 3 rings (SSSR count). The Morgan fingerprint density at radius 3 is 2.87 bits per heavy atom. The van der Waals surface area contributed by atoms with Crippen LogP contribution in [0.4, 0.5) is 0 Å². The topological polar surface area (TPSA) is 37.3 Å². The van der Waals surface area contributed by atoms with Gasteiger partial charge < -0.3 is 5.11 Å². The van der Waals surface area contributed by atoms with Gasteiger partial charge in [-0.3, -0.25) is 4.79 Å². The molecule has 0 aliphatic heterocycles. The van der Waals surface area contributed by atoms with Crippen molar-refractivity contribution in [3.05, 3.63) is 11.6 Å². The second-order valence-corrected chi connectivity index (χ2v) is 5.32. The summed E-state index contributed by atoms with van der Waals surface area (Å²) >= 11 is 0. The van der Waals surface area contributed by atoms with E-state index in [1.807, 2.05) is 0 Å². The predicted molar refractivity (Wildman–Crippen MR) is 57.2 cm³/mol. The number of carbonyl (C=O) groups is 1. The molecule has 0 saturated heterocycles. The van der Waals surface area contributed by atoms with Crippen LogP contribution in [0.25, 0.3) is 0 Å². The molecule has 2 bridgehead atoms. The Balaban J connectivity index is 1.78. The first-order valence-electron chi connectivity index (χ1n) is 6.17. The van der Waals surface area contributed by atoms with Crippen molar-refractivity contribution in [2.24, 2.45) is 23.7 Å². The minimum Gasteiger partial charge on any atom is -0.396 e. The third-order valence-electron chi connectivity index (χ3n) is 4.60. The quantitative estimate of drug-likeness (QED) is 0.766. The van der Waals surface area contributed by atoms with E-state index in [0.717, 1.165) is 24.3 Å². The molecule has 0 radical (unpaired) electrons. The summed E-state index contributed by atoms with van der Waals surface area (Å²) in [6.07, 6.45) is 7.69. The van der Waals surface area contributed by atoms with Crippen LogP contribution in [0.2, 0.25) is 0 Å². The summed E-state index contributed by atoms with van der Waals surface area (Å²) in [7, 11) is 0. The third-order valence-corrected chi connectivity index (χ3v) is 4.60. The zero-order valence-electron chi connectivity index (χ0n) is 8.98. The van der Waals surface area contributed by atoms with Crippen molar-refractivity contribution in [2.45, 2.75) is 32.1 Å². The van der Waals surface area contributed by atoms with Crippen LogP contribution in [0.15, 0.2) is 11.6 Å². The Hall–Kier alpha value is -0.630. The highest BCUT2D eigenvalue weighted by Crippen LogP contribution is 2.56. The maximum absolute atomic E-state index is 12.1. The smallest absolute Gasteiger partial charge is 0.162 e. The zero-order chi connectivity index (χ0) is 10.4. The lowest BCUT2D eigenvalue weighted by atomic mass is 9.81. The third kappa shape index (κ3) is 1.31. The van der Waals surface area contributed by atoms with E-state index in [2.05, 4.69) is 6.08 Å². The van der Waals surface area contributed by atoms with Crippen LogP contribution >= 0.6 is 0 Å². The fourth-order valence-electron chi connectivity index (χ4n) is 3.97. The number of rotatable bonds is 3. The van der Waals surface area contributed by atoms with Crippen LogP contribution in [0, 0.1) is 23.7 Å². The molecule has 4 atom stereocenters.